The van der Waals surface area contributed by atoms with Crippen LogP contribution in [-0.2, 0) is 9.59 Å². The average Bonchev–Trinajstić information content (AvgIpc) is 2.90. The van der Waals surface area contributed by atoms with Crippen molar-refractivity contribution < 1.29 is 9.59 Å². The summed E-state index contributed by atoms with van der Waals surface area (Å²) in [6.07, 6.45) is 5.45. The zero-order valence-corrected chi connectivity index (χ0v) is 16.3. The lowest BCUT2D eigenvalue weighted by molar-refractivity contribution is -0.126. The zero-order valence-electron chi connectivity index (χ0n) is 14.7. The Kier molecular flexibility index (Phi) is 6.21. The van der Waals surface area contributed by atoms with Gasteiger partial charge in [0.15, 0.2) is 0 Å². The molecule has 0 unspecified atom stereocenters. The van der Waals surface area contributed by atoms with Crippen LogP contribution in [0.25, 0.3) is 6.08 Å². The summed E-state index contributed by atoms with van der Waals surface area (Å²) in [4.78, 5) is 26.6. The van der Waals surface area contributed by atoms with Crippen LogP contribution in [-0.4, -0.2) is 27.6 Å². The molecule has 0 aromatic heterocycles. The molecule has 0 bridgehead atoms. The number of hydrogen-bond donors (Lipinski definition) is 1. The molecule has 2 aromatic carbocycles. The van der Waals surface area contributed by atoms with Gasteiger partial charge in [0, 0.05) is 5.69 Å². The molecule has 1 fully saturated rings. The van der Waals surface area contributed by atoms with E-state index in [0.29, 0.717) is 14.9 Å². The Morgan fingerprint density at radius 3 is 2.70 bits per heavy atom. The molecule has 6 heteroatoms. The van der Waals surface area contributed by atoms with Crippen LogP contribution >= 0.6 is 24.0 Å². The normalized spacial score (nSPS) is 15.7. The van der Waals surface area contributed by atoms with Crippen molar-refractivity contribution in [3.8, 4) is 0 Å². The van der Waals surface area contributed by atoms with Crippen LogP contribution in [0, 0.1) is 6.92 Å². The number of anilines is 1. The van der Waals surface area contributed by atoms with E-state index in [4.69, 9.17) is 12.2 Å². The molecule has 1 aliphatic heterocycles. The van der Waals surface area contributed by atoms with E-state index in [1.807, 2.05) is 73.7 Å². The lowest BCUT2D eigenvalue weighted by Crippen LogP contribution is -2.36. The molecule has 1 aliphatic rings. The molecule has 0 spiro atoms. The van der Waals surface area contributed by atoms with Gasteiger partial charge < -0.3 is 5.32 Å². The van der Waals surface area contributed by atoms with E-state index in [1.54, 1.807) is 6.08 Å². The zero-order chi connectivity index (χ0) is 19.2. The molecule has 2 aromatic rings. The third kappa shape index (κ3) is 5.15. The van der Waals surface area contributed by atoms with Crippen molar-refractivity contribution >= 4 is 51.9 Å². The van der Waals surface area contributed by atoms with Crippen molar-refractivity contribution in [2.75, 3.05) is 11.9 Å². The second-order valence-corrected chi connectivity index (χ2v) is 7.65. The number of amides is 2. The van der Waals surface area contributed by atoms with Gasteiger partial charge in [-0.2, -0.15) is 0 Å². The molecule has 4 nitrogen and oxygen atoms in total. The van der Waals surface area contributed by atoms with Crippen LogP contribution in [0.4, 0.5) is 5.69 Å². The van der Waals surface area contributed by atoms with Crippen molar-refractivity contribution in [1.29, 1.82) is 0 Å². The van der Waals surface area contributed by atoms with Gasteiger partial charge in [0.1, 0.15) is 10.9 Å². The van der Waals surface area contributed by atoms with Gasteiger partial charge in [0.25, 0.3) is 5.91 Å². The first kappa shape index (κ1) is 19.1. The fourth-order valence-corrected chi connectivity index (χ4v) is 3.73. The fraction of sp³-hybridized carbons (Fsp3) is 0.0952. The highest BCUT2D eigenvalue weighted by molar-refractivity contribution is 8.26. The van der Waals surface area contributed by atoms with E-state index in [9.17, 15) is 9.59 Å². The molecule has 1 heterocycles. The van der Waals surface area contributed by atoms with Crippen LogP contribution in [0.5, 0.6) is 0 Å². The van der Waals surface area contributed by atoms with Crippen LogP contribution < -0.4 is 5.32 Å². The van der Waals surface area contributed by atoms with E-state index in [2.05, 4.69) is 5.32 Å². The Hall–Kier alpha value is -2.70. The van der Waals surface area contributed by atoms with Crippen LogP contribution in [0.3, 0.4) is 0 Å². The number of nitrogens with zero attached hydrogens (tertiary/aromatic N) is 1. The molecule has 0 aliphatic carbocycles. The molecular formula is C21H18N2O2S2. The highest BCUT2D eigenvalue weighted by Gasteiger charge is 2.32. The molecule has 0 radical (unpaired) electrons. The summed E-state index contributed by atoms with van der Waals surface area (Å²) in [6, 6.07) is 17.3. The Labute approximate surface area is 168 Å². The number of carbonyl (C=O) groups excluding carboxylic acids is 2. The fourth-order valence-electron chi connectivity index (χ4n) is 2.53. The number of allylic oxidation sites excluding steroid dienone is 2. The quantitative estimate of drug-likeness (QED) is 0.604. The van der Waals surface area contributed by atoms with E-state index in [1.165, 1.54) is 16.7 Å². The highest BCUT2D eigenvalue weighted by atomic mass is 32.2. The van der Waals surface area contributed by atoms with Crippen LogP contribution in [0.1, 0.15) is 11.1 Å². The van der Waals surface area contributed by atoms with Crippen molar-refractivity contribution in [2.45, 2.75) is 6.92 Å². The van der Waals surface area contributed by atoms with E-state index in [0.717, 1.165) is 11.1 Å². The SMILES string of the molecule is Cc1cccc(NC(=O)CN2C(=O)C(=CC=Cc3ccccc3)SC2=S)c1. The molecule has 0 saturated carbocycles. The van der Waals surface area contributed by atoms with Crippen LogP contribution in [0.2, 0.25) is 0 Å². The largest absolute Gasteiger partial charge is 0.325 e. The van der Waals surface area contributed by atoms with Gasteiger partial charge in [0.05, 0.1) is 4.91 Å². The van der Waals surface area contributed by atoms with Crippen molar-refractivity contribution in [2.24, 2.45) is 0 Å². The standard InChI is InChI=1S/C21H18N2O2S2/c1-15-7-5-11-17(13-15)22-19(24)14-23-20(25)18(27-21(23)26)12-6-10-16-8-3-2-4-9-16/h2-13H,14H2,1H3,(H,22,24). The first-order valence-electron chi connectivity index (χ1n) is 8.36. The maximum absolute atomic E-state index is 12.5. The number of rotatable bonds is 5. The molecule has 136 valence electrons. The van der Waals surface area contributed by atoms with Crippen molar-refractivity contribution in [3.63, 3.8) is 0 Å². The molecular weight excluding hydrogens is 376 g/mol. The van der Waals surface area contributed by atoms with Gasteiger partial charge in [-0.1, -0.05) is 78.6 Å². The first-order chi connectivity index (χ1) is 13.0. The van der Waals surface area contributed by atoms with Gasteiger partial charge >= 0.3 is 0 Å². The Balaban J connectivity index is 1.62. The van der Waals surface area contributed by atoms with Gasteiger partial charge in [-0.3, -0.25) is 14.5 Å². The number of thioether (sulfide) groups is 1. The summed E-state index contributed by atoms with van der Waals surface area (Å²) in [5, 5.41) is 2.80. The Morgan fingerprint density at radius 1 is 1.19 bits per heavy atom. The molecule has 1 N–H and O–H groups in total. The van der Waals surface area contributed by atoms with E-state index < -0.39 is 0 Å². The number of aryl methyl sites for hydroxylation is 1. The summed E-state index contributed by atoms with van der Waals surface area (Å²) in [6.45, 7) is 1.85. The average molecular weight is 395 g/mol. The van der Waals surface area contributed by atoms with Gasteiger partial charge in [-0.15, -0.1) is 0 Å². The number of nitrogens with one attached hydrogen (secondary N) is 1. The highest BCUT2D eigenvalue weighted by Crippen LogP contribution is 2.30. The molecule has 3 rings (SSSR count). The molecule has 2 amide bonds. The Bertz CT molecular complexity index is 936. The third-order valence-corrected chi connectivity index (χ3v) is 5.21. The summed E-state index contributed by atoms with van der Waals surface area (Å²) < 4.78 is 0.388. The molecule has 0 atom stereocenters. The third-order valence-electron chi connectivity index (χ3n) is 3.81. The van der Waals surface area contributed by atoms with Crippen molar-refractivity contribution in [1.82, 2.24) is 4.90 Å². The monoisotopic (exact) mass is 394 g/mol. The second-order valence-electron chi connectivity index (χ2n) is 5.98. The summed E-state index contributed by atoms with van der Waals surface area (Å²) >= 11 is 6.47. The van der Waals surface area contributed by atoms with Crippen molar-refractivity contribution in [3.05, 3.63) is 82.8 Å². The van der Waals surface area contributed by atoms with E-state index >= 15 is 0 Å². The van der Waals surface area contributed by atoms with E-state index in [-0.39, 0.29) is 18.4 Å². The molecule has 1 saturated heterocycles. The lowest BCUT2D eigenvalue weighted by Gasteiger charge is -2.14. The summed E-state index contributed by atoms with van der Waals surface area (Å²) in [5.74, 6) is -0.528. The second kappa shape index (κ2) is 8.79. The number of thiocarbonyl (C=S) groups is 1. The summed E-state index contributed by atoms with van der Waals surface area (Å²) in [7, 11) is 0. The lowest BCUT2D eigenvalue weighted by atomic mass is 10.2. The number of carbonyl (C=O) groups is 2. The van der Waals surface area contributed by atoms with Gasteiger partial charge in [-0.05, 0) is 36.3 Å². The first-order valence-corrected chi connectivity index (χ1v) is 9.59. The minimum absolute atomic E-state index is 0.0989. The van der Waals surface area contributed by atoms with Crippen LogP contribution in [0.15, 0.2) is 71.7 Å². The maximum atomic E-state index is 12.5. The molecule has 27 heavy (non-hydrogen) atoms. The predicted octanol–water partition coefficient (Wildman–Crippen LogP) is 4.39. The summed E-state index contributed by atoms with van der Waals surface area (Å²) in [5.41, 5.74) is 2.79. The van der Waals surface area contributed by atoms with Gasteiger partial charge in [0.2, 0.25) is 5.91 Å². The minimum Gasteiger partial charge on any atom is -0.325 e. The van der Waals surface area contributed by atoms with Gasteiger partial charge in [-0.25, -0.2) is 0 Å². The topological polar surface area (TPSA) is 49.4 Å². The number of hydrogen-bond acceptors (Lipinski definition) is 4. The maximum Gasteiger partial charge on any atom is 0.266 e. The number of benzene rings is 2. The minimum atomic E-state index is -0.280. The predicted molar refractivity (Wildman–Crippen MR) is 115 cm³/mol. The smallest absolute Gasteiger partial charge is 0.266 e. The Morgan fingerprint density at radius 2 is 1.96 bits per heavy atom.